The number of hydrogen-bond donors (Lipinski definition) is 7. The quantitative estimate of drug-likeness (QED) is 0.147. The normalized spacial score (nSPS) is 9.76. The van der Waals surface area contributed by atoms with E-state index in [0.29, 0.717) is 19.5 Å². The first kappa shape index (κ1) is 30.1. The Balaban J connectivity index is 0.00000512. The second kappa shape index (κ2) is 15.1. The number of halogens is 3. The van der Waals surface area contributed by atoms with Gasteiger partial charge in [0, 0.05) is 25.2 Å². The van der Waals surface area contributed by atoms with Gasteiger partial charge in [-0.15, -0.1) is 24.8 Å². The van der Waals surface area contributed by atoms with Crippen molar-refractivity contribution in [1.29, 1.82) is 5.41 Å². The first-order chi connectivity index (χ1) is 14.8. The predicted molar refractivity (Wildman–Crippen MR) is 135 cm³/mol. The van der Waals surface area contributed by atoms with Crippen molar-refractivity contribution < 1.29 is 9.59 Å². The minimum absolute atomic E-state index is 0. The highest BCUT2D eigenvalue weighted by Gasteiger charge is 2.16. The second-order valence-electron chi connectivity index (χ2n) is 6.63. The van der Waals surface area contributed by atoms with Crippen molar-refractivity contribution in [3.8, 4) is 0 Å². The van der Waals surface area contributed by atoms with E-state index in [1.807, 2.05) is 24.3 Å². The zero-order valence-corrected chi connectivity index (χ0v) is 20.1. The molecule has 0 saturated heterocycles. The number of nitrogens with zero attached hydrogens (tertiary/aromatic N) is 2. The number of anilines is 3. The summed E-state index contributed by atoms with van der Waals surface area (Å²) >= 11 is 5.75. The molecule has 11 nitrogen and oxygen atoms in total. The monoisotopic (exact) mass is 519 g/mol. The second-order valence-corrected chi connectivity index (χ2v) is 6.99. The maximum Gasteiger partial charge on any atom is 0.280 e. The zero-order valence-electron chi connectivity index (χ0n) is 17.7. The minimum atomic E-state index is -0.706. The van der Waals surface area contributed by atoms with Crippen molar-refractivity contribution in [2.45, 2.75) is 25.7 Å². The summed E-state index contributed by atoms with van der Waals surface area (Å²) in [7, 11) is 0. The summed E-state index contributed by atoms with van der Waals surface area (Å²) in [4.78, 5) is 31.2. The van der Waals surface area contributed by atoms with Crippen LogP contribution in [0.3, 0.4) is 0 Å². The molecule has 0 unspecified atom stereocenters. The van der Waals surface area contributed by atoms with Gasteiger partial charge in [-0.3, -0.25) is 20.3 Å². The number of unbranched alkanes of at least 4 members (excludes halogenated alkanes) is 1. The fraction of sp³-hybridized carbons (Fsp3) is 0.316. The van der Waals surface area contributed by atoms with Crippen molar-refractivity contribution >= 4 is 71.5 Å². The van der Waals surface area contributed by atoms with Crippen molar-refractivity contribution in [2.75, 3.05) is 29.9 Å². The van der Waals surface area contributed by atoms with Crippen LogP contribution in [-0.2, 0) is 11.2 Å². The van der Waals surface area contributed by atoms with Gasteiger partial charge in [0.25, 0.3) is 5.91 Å². The number of aryl methyl sites for hydroxylation is 1. The van der Waals surface area contributed by atoms with Gasteiger partial charge < -0.3 is 27.8 Å². The first-order valence-electron chi connectivity index (χ1n) is 9.61. The van der Waals surface area contributed by atoms with Gasteiger partial charge in [0.2, 0.25) is 5.91 Å². The Morgan fingerprint density at radius 3 is 2.33 bits per heavy atom. The Kier molecular flexibility index (Phi) is 13.8. The van der Waals surface area contributed by atoms with E-state index in [2.05, 4.69) is 25.9 Å². The van der Waals surface area contributed by atoms with E-state index < -0.39 is 5.91 Å². The molecule has 10 N–H and O–H groups in total. The van der Waals surface area contributed by atoms with E-state index in [1.165, 1.54) is 0 Å². The Labute approximate surface area is 208 Å². The lowest BCUT2D eigenvalue weighted by molar-refractivity contribution is -0.116. The molecule has 2 amide bonds. The molecule has 182 valence electrons. The van der Waals surface area contributed by atoms with Crippen LogP contribution in [-0.4, -0.2) is 40.8 Å². The number of nitrogens with one attached hydrogen (secondary N) is 4. The standard InChI is InChI=1S/C19H26ClN9O2.2ClH/c20-15-17(23)28-16(22)14(27-15)18(31)29-19(24)25-10-2-1-3-11-4-6-12(7-5-11)26-13(30)8-9-21;;/h4-7H,1-3,8-10,21H2,(H,26,30)(H4,22,23,28)(H3,24,25,29,31);2*1H. The van der Waals surface area contributed by atoms with Crippen LogP contribution < -0.4 is 33.2 Å². The SMILES string of the molecule is Cl.Cl.N=C(NCCCCc1ccc(NC(=O)CCN)cc1)NC(=O)c1nc(Cl)c(N)nc1N. The highest BCUT2D eigenvalue weighted by atomic mass is 35.5. The number of aromatic nitrogens is 2. The summed E-state index contributed by atoms with van der Waals surface area (Å²) in [5.74, 6) is -1.24. The number of hydrogen-bond acceptors (Lipinski definition) is 8. The largest absolute Gasteiger partial charge is 0.382 e. The molecule has 14 heteroatoms. The molecule has 2 rings (SSSR count). The molecule has 1 aromatic carbocycles. The number of rotatable bonds is 9. The maximum atomic E-state index is 12.1. The number of nitrogen functional groups attached to an aromatic ring is 2. The molecule has 0 fully saturated rings. The third-order valence-corrected chi connectivity index (χ3v) is 4.44. The Hall–Kier alpha value is -2.86. The predicted octanol–water partition coefficient (Wildman–Crippen LogP) is 1.70. The highest BCUT2D eigenvalue weighted by Crippen LogP contribution is 2.17. The van der Waals surface area contributed by atoms with Gasteiger partial charge in [-0.05, 0) is 37.0 Å². The Morgan fingerprint density at radius 1 is 1.03 bits per heavy atom. The lowest BCUT2D eigenvalue weighted by Gasteiger charge is -2.10. The fourth-order valence-corrected chi connectivity index (χ4v) is 2.73. The van der Waals surface area contributed by atoms with Gasteiger partial charge in [-0.25, -0.2) is 9.97 Å². The number of nitrogens with two attached hydrogens (primary N) is 3. The highest BCUT2D eigenvalue weighted by molar-refractivity contribution is 6.31. The van der Waals surface area contributed by atoms with Gasteiger partial charge in [-0.1, -0.05) is 23.7 Å². The Morgan fingerprint density at radius 2 is 1.70 bits per heavy atom. The summed E-state index contributed by atoms with van der Waals surface area (Å²) in [5.41, 5.74) is 18.1. The smallest absolute Gasteiger partial charge is 0.280 e. The molecule has 0 aliphatic heterocycles. The number of carbonyl (C=O) groups is 2. The molecule has 0 aliphatic rings. The number of carbonyl (C=O) groups excluding carboxylic acids is 2. The van der Waals surface area contributed by atoms with E-state index in [9.17, 15) is 9.59 Å². The van der Waals surface area contributed by atoms with Gasteiger partial charge >= 0.3 is 0 Å². The van der Waals surface area contributed by atoms with E-state index in [0.717, 1.165) is 30.5 Å². The van der Waals surface area contributed by atoms with Crippen molar-refractivity contribution in [2.24, 2.45) is 5.73 Å². The van der Waals surface area contributed by atoms with Crippen molar-refractivity contribution in [3.05, 3.63) is 40.7 Å². The number of benzene rings is 1. The van der Waals surface area contributed by atoms with Gasteiger partial charge in [-0.2, -0.15) is 0 Å². The molecule has 33 heavy (non-hydrogen) atoms. The van der Waals surface area contributed by atoms with Crippen molar-refractivity contribution in [3.63, 3.8) is 0 Å². The molecular formula is C19H28Cl3N9O2. The van der Waals surface area contributed by atoms with E-state index in [4.69, 9.17) is 34.2 Å². The first-order valence-corrected chi connectivity index (χ1v) is 9.99. The average molecular weight is 521 g/mol. The van der Waals surface area contributed by atoms with E-state index >= 15 is 0 Å². The molecule has 0 atom stereocenters. The van der Waals surface area contributed by atoms with Crippen LogP contribution in [0.1, 0.15) is 35.3 Å². The third-order valence-electron chi connectivity index (χ3n) is 4.16. The summed E-state index contributed by atoms with van der Waals surface area (Å²) in [6, 6.07) is 7.62. The molecule has 0 bridgehead atoms. The van der Waals surface area contributed by atoms with Crippen LogP contribution >= 0.6 is 36.4 Å². The van der Waals surface area contributed by atoms with Crippen LogP contribution in [0.15, 0.2) is 24.3 Å². The fourth-order valence-electron chi connectivity index (χ4n) is 2.60. The molecule has 1 heterocycles. The molecule has 0 aliphatic carbocycles. The third kappa shape index (κ3) is 10.1. The zero-order chi connectivity index (χ0) is 22.8. The minimum Gasteiger partial charge on any atom is -0.382 e. The molecule has 2 aromatic rings. The average Bonchev–Trinajstić information content (AvgIpc) is 2.71. The van der Waals surface area contributed by atoms with E-state index in [1.54, 1.807) is 0 Å². The van der Waals surface area contributed by atoms with Gasteiger partial charge in [0.15, 0.2) is 28.4 Å². The summed E-state index contributed by atoms with van der Waals surface area (Å²) in [6.07, 6.45) is 2.79. The summed E-state index contributed by atoms with van der Waals surface area (Å²) in [5, 5.41) is 15.6. The molecule has 0 radical (unpaired) electrons. The molecular weight excluding hydrogens is 493 g/mol. The van der Waals surface area contributed by atoms with Crippen LogP contribution in [0.2, 0.25) is 5.15 Å². The van der Waals surface area contributed by atoms with Gasteiger partial charge in [0.1, 0.15) is 0 Å². The van der Waals surface area contributed by atoms with Crippen LogP contribution in [0.5, 0.6) is 0 Å². The van der Waals surface area contributed by atoms with Crippen LogP contribution in [0.25, 0.3) is 0 Å². The topological polar surface area (TPSA) is 198 Å². The number of amides is 2. The Bertz CT molecular complexity index is 943. The summed E-state index contributed by atoms with van der Waals surface area (Å²) in [6.45, 7) is 0.812. The molecule has 1 aromatic heterocycles. The molecule has 0 spiro atoms. The summed E-state index contributed by atoms with van der Waals surface area (Å²) < 4.78 is 0. The number of guanidine groups is 1. The molecule has 0 saturated carbocycles. The van der Waals surface area contributed by atoms with Gasteiger partial charge in [0.05, 0.1) is 0 Å². The van der Waals surface area contributed by atoms with Crippen LogP contribution in [0.4, 0.5) is 17.3 Å². The maximum absolute atomic E-state index is 12.1. The lowest BCUT2D eigenvalue weighted by Crippen LogP contribution is -2.41. The lowest BCUT2D eigenvalue weighted by atomic mass is 10.1. The van der Waals surface area contributed by atoms with Crippen LogP contribution in [0, 0.1) is 5.41 Å². The van der Waals surface area contributed by atoms with Crippen molar-refractivity contribution in [1.82, 2.24) is 20.6 Å². The van der Waals surface area contributed by atoms with E-state index in [-0.39, 0.29) is 59.2 Å².